The van der Waals surface area contributed by atoms with Crippen LogP contribution >= 0.6 is 23.2 Å². The first-order chi connectivity index (χ1) is 20.3. The van der Waals surface area contributed by atoms with Crippen molar-refractivity contribution < 1.29 is 18.0 Å². The molecule has 2 atom stereocenters. The summed E-state index contributed by atoms with van der Waals surface area (Å²) in [5.41, 5.74) is 3.86. The minimum atomic E-state index is -3.61. The Morgan fingerprint density at radius 2 is 1.56 bits per heavy atom. The summed E-state index contributed by atoms with van der Waals surface area (Å²) in [6, 6.07) is 19.2. The molecule has 0 aliphatic carbocycles. The predicted octanol–water partition coefficient (Wildman–Crippen LogP) is 6.71. The van der Waals surface area contributed by atoms with Gasteiger partial charge in [0.25, 0.3) is 0 Å². The van der Waals surface area contributed by atoms with Crippen molar-refractivity contribution in [2.75, 3.05) is 17.1 Å². The van der Waals surface area contributed by atoms with E-state index in [2.05, 4.69) is 5.32 Å². The van der Waals surface area contributed by atoms with Crippen molar-refractivity contribution in [1.82, 2.24) is 10.2 Å². The van der Waals surface area contributed by atoms with Crippen molar-refractivity contribution in [2.24, 2.45) is 0 Å². The van der Waals surface area contributed by atoms with Crippen molar-refractivity contribution in [3.63, 3.8) is 0 Å². The maximum atomic E-state index is 14.0. The highest BCUT2D eigenvalue weighted by molar-refractivity contribution is 7.92. The molecule has 232 valence electrons. The van der Waals surface area contributed by atoms with E-state index in [0.29, 0.717) is 21.3 Å². The highest BCUT2D eigenvalue weighted by atomic mass is 35.5. The predicted molar refractivity (Wildman–Crippen MR) is 176 cm³/mol. The van der Waals surface area contributed by atoms with Crippen LogP contribution in [0.2, 0.25) is 10.0 Å². The number of rotatable bonds is 14. The van der Waals surface area contributed by atoms with E-state index in [1.54, 1.807) is 24.3 Å². The van der Waals surface area contributed by atoms with Crippen LogP contribution in [0.3, 0.4) is 0 Å². The van der Waals surface area contributed by atoms with Crippen molar-refractivity contribution >= 4 is 50.7 Å². The number of anilines is 1. The number of hydrogen-bond acceptors (Lipinski definition) is 4. The fourth-order valence-electron chi connectivity index (χ4n) is 4.84. The number of carbonyl (C=O) groups excluding carboxylic acids is 2. The minimum Gasteiger partial charge on any atom is -0.352 e. The summed E-state index contributed by atoms with van der Waals surface area (Å²) < 4.78 is 26.9. The number of carbonyl (C=O) groups is 2. The Labute approximate surface area is 266 Å². The number of nitrogens with zero attached hydrogens (tertiary/aromatic N) is 2. The van der Waals surface area contributed by atoms with Gasteiger partial charge in [-0.25, -0.2) is 8.42 Å². The van der Waals surface area contributed by atoms with Crippen LogP contribution in [0.15, 0.2) is 66.7 Å². The number of nitrogens with one attached hydrogen (secondary N) is 1. The van der Waals surface area contributed by atoms with Crippen LogP contribution in [0.5, 0.6) is 0 Å². The third kappa shape index (κ3) is 9.46. The Morgan fingerprint density at radius 1 is 0.930 bits per heavy atom. The second kappa shape index (κ2) is 15.6. The first-order valence-corrected chi connectivity index (χ1v) is 17.0. The molecular formula is C33H41Cl2N3O4S. The molecule has 0 saturated heterocycles. The zero-order valence-electron chi connectivity index (χ0n) is 25.4. The largest absolute Gasteiger partial charge is 0.352 e. The molecule has 0 spiro atoms. The summed E-state index contributed by atoms with van der Waals surface area (Å²) in [5, 5.41) is 3.83. The molecule has 0 aromatic heterocycles. The molecule has 7 nitrogen and oxygen atoms in total. The van der Waals surface area contributed by atoms with Gasteiger partial charge in [0.15, 0.2) is 0 Å². The molecule has 3 aromatic carbocycles. The number of aryl methyl sites for hydroxylation is 1. The monoisotopic (exact) mass is 645 g/mol. The summed E-state index contributed by atoms with van der Waals surface area (Å²) in [7, 11) is -3.61. The summed E-state index contributed by atoms with van der Waals surface area (Å²) in [6.45, 7) is 7.84. The standard InChI is InChI=1S/C33H41Cl2N3O4S/c1-6-24(3)36-33(40)31(21-26-14-8-7-9-15-26)37(22-27-28(34)16-11-17-29(27)35)32(39)19-12-20-38(43(5,41)42)30-18-10-13-23(2)25(30)4/h7-11,13-18,24,31H,6,12,19-22H2,1-5H3,(H,36,40)/t24-,31+/m1/s1. The van der Waals surface area contributed by atoms with Crippen LogP contribution in [0, 0.1) is 13.8 Å². The molecule has 43 heavy (non-hydrogen) atoms. The minimum absolute atomic E-state index is 0.0147. The summed E-state index contributed by atoms with van der Waals surface area (Å²) in [4.78, 5) is 29.3. The van der Waals surface area contributed by atoms with Gasteiger partial charge in [-0.1, -0.05) is 78.7 Å². The van der Waals surface area contributed by atoms with E-state index in [9.17, 15) is 18.0 Å². The summed E-state index contributed by atoms with van der Waals surface area (Å²) in [6.07, 6.45) is 2.44. The second-order valence-electron chi connectivity index (χ2n) is 10.9. The smallest absolute Gasteiger partial charge is 0.243 e. The van der Waals surface area contributed by atoms with Crippen molar-refractivity contribution in [1.29, 1.82) is 0 Å². The van der Waals surface area contributed by atoms with Crippen molar-refractivity contribution in [3.8, 4) is 0 Å². The zero-order valence-corrected chi connectivity index (χ0v) is 27.8. The van der Waals surface area contributed by atoms with E-state index < -0.39 is 16.1 Å². The molecular weight excluding hydrogens is 605 g/mol. The van der Waals surface area contributed by atoms with Crippen LogP contribution in [0.4, 0.5) is 5.69 Å². The molecule has 3 aromatic rings. The Kier molecular flexibility index (Phi) is 12.5. The summed E-state index contributed by atoms with van der Waals surface area (Å²) in [5.74, 6) is -0.575. The number of benzene rings is 3. The SMILES string of the molecule is CC[C@@H](C)NC(=O)[C@H](Cc1ccccc1)N(Cc1c(Cl)cccc1Cl)C(=O)CCCN(c1cccc(C)c1C)S(C)(=O)=O. The normalized spacial score (nSPS) is 12.8. The van der Waals surface area contributed by atoms with E-state index in [1.165, 1.54) is 9.21 Å². The lowest BCUT2D eigenvalue weighted by molar-refractivity contribution is -0.141. The van der Waals surface area contributed by atoms with E-state index in [4.69, 9.17) is 23.2 Å². The Morgan fingerprint density at radius 3 is 2.16 bits per heavy atom. The maximum absolute atomic E-state index is 14.0. The van der Waals surface area contributed by atoms with Gasteiger partial charge < -0.3 is 10.2 Å². The van der Waals surface area contributed by atoms with Gasteiger partial charge in [-0.05, 0) is 68.5 Å². The molecule has 3 rings (SSSR count). The van der Waals surface area contributed by atoms with Gasteiger partial charge in [-0.2, -0.15) is 0 Å². The second-order valence-corrected chi connectivity index (χ2v) is 13.6. The van der Waals surface area contributed by atoms with E-state index in [0.717, 1.165) is 29.4 Å². The highest BCUT2D eigenvalue weighted by Crippen LogP contribution is 2.29. The molecule has 0 heterocycles. The summed E-state index contributed by atoms with van der Waals surface area (Å²) >= 11 is 13.0. The molecule has 0 bridgehead atoms. The lowest BCUT2D eigenvalue weighted by atomic mass is 10.0. The van der Waals surface area contributed by atoms with Gasteiger partial charge in [-0.15, -0.1) is 0 Å². The number of sulfonamides is 1. The van der Waals surface area contributed by atoms with Crippen LogP contribution in [0.25, 0.3) is 0 Å². The van der Waals surface area contributed by atoms with Gasteiger partial charge in [0, 0.05) is 47.6 Å². The molecule has 0 saturated carbocycles. The van der Waals surface area contributed by atoms with E-state index in [-0.39, 0.29) is 50.2 Å². The average molecular weight is 647 g/mol. The fraction of sp³-hybridized carbons (Fsp3) is 0.394. The molecule has 0 aliphatic rings. The molecule has 0 fully saturated rings. The Bertz CT molecular complexity index is 1500. The number of halogens is 2. The van der Waals surface area contributed by atoms with Crippen LogP contribution in [-0.4, -0.2) is 50.0 Å². The third-order valence-corrected chi connectivity index (χ3v) is 9.55. The van der Waals surface area contributed by atoms with E-state index in [1.807, 2.05) is 70.2 Å². The van der Waals surface area contributed by atoms with Crippen molar-refractivity contribution in [3.05, 3.63) is 99.0 Å². The first kappa shape index (κ1) is 34.4. The molecule has 2 amide bonds. The van der Waals surface area contributed by atoms with Crippen LogP contribution in [-0.2, 0) is 32.6 Å². The topological polar surface area (TPSA) is 86.8 Å². The van der Waals surface area contributed by atoms with Gasteiger partial charge in [0.1, 0.15) is 6.04 Å². The number of amides is 2. The van der Waals surface area contributed by atoms with Gasteiger partial charge >= 0.3 is 0 Å². The molecule has 1 N–H and O–H groups in total. The molecule has 0 aliphatic heterocycles. The zero-order chi connectivity index (χ0) is 31.7. The molecule has 0 unspecified atom stereocenters. The van der Waals surface area contributed by atoms with Gasteiger partial charge in [-0.3, -0.25) is 13.9 Å². The van der Waals surface area contributed by atoms with Gasteiger partial charge in [0.05, 0.1) is 11.9 Å². The van der Waals surface area contributed by atoms with Gasteiger partial charge in [0.2, 0.25) is 21.8 Å². The van der Waals surface area contributed by atoms with E-state index >= 15 is 0 Å². The van der Waals surface area contributed by atoms with Crippen molar-refractivity contribution in [2.45, 2.75) is 72.0 Å². The lowest BCUT2D eigenvalue weighted by Crippen LogP contribution is -2.52. The highest BCUT2D eigenvalue weighted by Gasteiger charge is 2.32. The van der Waals surface area contributed by atoms with Crippen LogP contribution < -0.4 is 9.62 Å². The average Bonchev–Trinajstić information content (AvgIpc) is 2.95. The maximum Gasteiger partial charge on any atom is 0.243 e. The Balaban J connectivity index is 1.95. The number of hydrogen-bond donors (Lipinski definition) is 1. The quantitative estimate of drug-likeness (QED) is 0.211. The molecule has 0 radical (unpaired) electrons. The third-order valence-electron chi connectivity index (χ3n) is 7.66. The lowest BCUT2D eigenvalue weighted by Gasteiger charge is -2.33. The molecule has 10 heteroatoms. The Hall–Kier alpha value is -3.07. The fourth-order valence-corrected chi connectivity index (χ4v) is 6.37. The van der Waals surface area contributed by atoms with Crippen LogP contribution in [0.1, 0.15) is 55.4 Å². The first-order valence-electron chi connectivity index (χ1n) is 14.4.